The Morgan fingerprint density at radius 1 is 0.889 bits per heavy atom. The van der Waals surface area contributed by atoms with Crippen molar-refractivity contribution in [2.45, 2.75) is 45.9 Å². The summed E-state index contributed by atoms with van der Waals surface area (Å²) in [5, 5.41) is 0. The molecule has 138 valence electrons. The molecule has 3 rings (SSSR count). The van der Waals surface area contributed by atoms with Gasteiger partial charge in [0.1, 0.15) is 0 Å². The second kappa shape index (κ2) is 10.6. The Labute approximate surface area is 165 Å². The molecule has 0 atom stereocenters. The lowest BCUT2D eigenvalue weighted by molar-refractivity contribution is 0.759. The van der Waals surface area contributed by atoms with E-state index in [1.165, 1.54) is 28.1 Å². The minimum absolute atomic E-state index is 0.527. The van der Waals surface area contributed by atoms with Crippen LogP contribution >= 0.6 is 0 Å². The van der Waals surface area contributed by atoms with Gasteiger partial charge in [-0.3, -0.25) is 0 Å². The van der Waals surface area contributed by atoms with E-state index in [0.717, 1.165) is 0 Å². The molecule has 0 spiro atoms. The van der Waals surface area contributed by atoms with E-state index in [-0.39, 0.29) is 0 Å². The van der Waals surface area contributed by atoms with Crippen LogP contribution in [0, 0.1) is 0 Å². The second-order valence-electron chi connectivity index (χ2n) is 7.10. The number of nitrogens with one attached hydrogen (secondary N) is 1. The maximum Gasteiger partial charge on any atom is 0.0925 e. The van der Waals surface area contributed by atoms with Gasteiger partial charge < -0.3 is 4.98 Å². The SMILES string of the molecule is CC(C)c1nc[nH]c1C(C)C.[B]CC=C(c1ccccc1)c1ccccc1. The first-order chi connectivity index (χ1) is 13.0. The van der Waals surface area contributed by atoms with Crippen molar-refractivity contribution >= 4 is 13.4 Å². The van der Waals surface area contributed by atoms with Crippen LogP contribution in [0.4, 0.5) is 0 Å². The zero-order valence-electron chi connectivity index (χ0n) is 16.8. The summed E-state index contributed by atoms with van der Waals surface area (Å²) in [6, 6.07) is 20.6. The summed E-state index contributed by atoms with van der Waals surface area (Å²) in [4.78, 5) is 7.46. The highest BCUT2D eigenvalue weighted by molar-refractivity contribution is 6.10. The molecule has 0 saturated carbocycles. The smallest absolute Gasteiger partial charge is 0.0925 e. The number of aromatic nitrogens is 2. The fourth-order valence-electron chi connectivity index (χ4n) is 2.99. The number of imidazole rings is 1. The Morgan fingerprint density at radius 2 is 1.41 bits per heavy atom. The fourth-order valence-corrected chi connectivity index (χ4v) is 2.99. The zero-order valence-corrected chi connectivity index (χ0v) is 16.8. The number of H-pyrrole nitrogens is 1. The van der Waals surface area contributed by atoms with Gasteiger partial charge in [-0.05, 0) is 28.5 Å². The van der Waals surface area contributed by atoms with Gasteiger partial charge in [-0.15, -0.1) is 0 Å². The monoisotopic (exact) mass is 356 g/mol. The van der Waals surface area contributed by atoms with Crippen LogP contribution < -0.4 is 0 Å². The third kappa shape index (κ3) is 5.99. The van der Waals surface area contributed by atoms with E-state index >= 15 is 0 Å². The van der Waals surface area contributed by atoms with Crippen molar-refractivity contribution in [2.75, 3.05) is 0 Å². The predicted molar refractivity (Wildman–Crippen MR) is 117 cm³/mol. The molecule has 0 bridgehead atoms. The van der Waals surface area contributed by atoms with Crippen LogP contribution in [-0.4, -0.2) is 17.8 Å². The number of rotatable bonds is 5. The van der Waals surface area contributed by atoms with E-state index < -0.39 is 0 Å². The van der Waals surface area contributed by atoms with Crippen molar-refractivity contribution in [3.05, 3.63) is 95.6 Å². The molecule has 0 amide bonds. The van der Waals surface area contributed by atoms with Crippen molar-refractivity contribution in [2.24, 2.45) is 0 Å². The molecule has 27 heavy (non-hydrogen) atoms. The maximum atomic E-state index is 5.63. The highest BCUT2D eigenvalue weighted by Crippen LogP contribution is 2.23. The standard InChI is InChI=1S/C15H13B.C9H16N2/c16-12-11-15(13-7-3-1-4-8-13)14-9-5-2-6-10-14;1-6(2)8-9(7(3)4)11-5-10-8/h1-11H,12H2;5-7H,1-4H3,(H,10,11). The predicted octanol–water partition coefficient (Wildman–Crippen LogP) is 6.36. The highest BCUT2D eigenvalue weighted by Gasteiger charge is 2.11. The van der Waals surface area contributed by atoms with Crippen LogP contribution in [0.1, 0.15) is 62.0 Å². The maximum absolute atomic E-state index is 5.63. The Bertz CT molecular complexity index is 754. The molecule has 0 aliphatic carbocycles. The van der Waals surface area contributed by atoms with Crippen LogP contribution in [-0.2, 0) is 0 Å². The van der Waals surface area contributed by atoms with Gasteiger partial charge in [0.15, 0.2) is 0 Å². The van der Waals surface area contributed by atoms with Gasteiger partial charge >= 0.3 is 0 Å². The van der Waals surface area contributed by atoms with Crippen LogP contribution in [0.3, 0.4) is 0 Å². The van der Waals surface area contributed by atoms with E-state index in [4.69, 9.17) is 7.85 Å². The lowest BCUT2D eigenvalue weighted by Crippen LogP contribution is -1.96. The molecule has 1 N–H and O–H groups in total. The minimum atomic E-state index is 0.527. The molecule has 1 heterocycles. The van der Waals surface area contributed by atoms with Gasteiger partial charge in [0.25, 0.3) is 0 Å². The van der Waals surface area contributed by atoms with E-state index in [0.29, 0.717) is 18.2 Å². The van der Waals surface area contributed by atoms with Gasteiger partial charge in [-0.25, -0.2) is 4.98 Å². The lowest BCUT2D eigenvalue weighted by Gasteiger charge is -2.07. The summed E-state index contributed by atoms with van der Waals surface area (Å²) >= 11 is 0. The van der Waals surface area contributed by atoms with Crippen LogP contribution in [0.15, 0.2) is 73.1 Å². The first-order valence-electron chi connectivity index (χ1n) is 9.58. The van der Waals surface area contributed by atoms with Crippen molar-refractivity contribution in [3.8, 4) is 0 Å². The fraction of sp³-hybridized carbons (Fsp3) is 0.292. The molecule has 0 saturated heterocycles. The molecule has 0 fully saturated rings. The molecule has 1 aromatic heterocycles. The molecule has 3 heteroatoms. The van der Waals surface area contributed by atoms with Crippen molar-refractivity contribution in [1.82, 2.24) is 9.97 Å². The molecular weight excluding hydrogens is 327 g/mol. The van der Waals surface area contributed by atoms with Gasteiger partial charge in [0, 0.05) is 5.69 Å². The van der Waals surface area contributed by atoms with Gasteiger partial charge in [-0.2, -0.15) is 0 Å². The molecule has 2 nitrogen and oxygen atoms in total. The van der Waals surface area contributed by atoms with E-state index in [1.54, 1.807) is 6.33 Å². The molecule has 3 aromatic rings. The van der Waals surface area contributed by atoms with Crippen molar-refractivity contribution < 1.29 is 0 Å². The summed E-state index contributed by atoms with van der Waals surface area (Å²) in [6.07, 6.45) is 4.40. The van der Waals surface area contributed by atoms with Crippen LogP contribution in [0.2, 0.25) is 6.32 Å². The summed E-state index contributed by atoms with van der Waals surface area (Å²) in [7, 11) is 5.63. The Hall–Kier alpha value is -2.55. The number of nitrogens with zero attached hydrogens (tertiary/aromatic N) is 1. The third-order valence-corrected chi connectivity index (χ3v) is 4.32. The third-order valence-electron chi connectivity index (χ3n) is 4.32. The van der Waals surface area contributed by atoms with E-state index in [1.807, 2.05) is 36.4 Å². The van der Waals surface area contributed by atoms with Gasteiger partial charge in [-0.1, -0.05) is 101 Å². The number of allylic oxidation sites excluding steroid dienone is 1. The minimum Gasteiger partial charge on any atom is -0.348 e. The van der Waals surface area contributed by atoms with E-state index in [2.05, 4.69) is 68.0 Å². The summed E-state index contributed by atoms with van der Waals surface area (Å²) in [5.74, 6) is 1.08. The molecule has 0 unspecified atom stereocenters. The number of aromatic amines is 1. The van der Waals surface area contributed by atoms with Crippen molar-refractivity contribution in [3.63, 3.8) is 0 Å². The van der Waals surface area contributed by atoms with Crippen molar-refractivity contribution in [1.29, 1.82) is 0 Å². The average molecular weight is 356 g/mol. The molecule has 2 aromatic carbocycles. The van der Waals surface area contributed by atoms with Crippen LogP contribution in [0.5, 0.6) is 0 Å². The number of hydrogen-bond acceptors (Lipinski definition) is 1. The molecule has 0 aliphatic rings. The summed E-state index contributed by atoms with van der Waals surface area (Å²) in [5.41, 5.74) is 6.10. The lowest BCUT2D eigenvalue weighted by atomic mass is 9.93. The highest BCUT2D eigenvalue weighted by atomic mass is 14.9. The molecule has 0 aliphatic heterocycles. The first kappa shape index (κ1) is 20.8. The zero-order chi connectivity index (χ0) is 19.6. The quantitative estimate of drug-likeness (QED) is 0.529. The second-order valence-corrected chi connectivity index (χ2v) is 7.10. The number of hydrogen-bond donors (Lipinski definition) is 1. The topological polar surface area (TPSA) is 28.7 Å². The van der Waals surface area contributed by atoms with Crippen LogP contribution in [0.25, 0.3) is 5.57 Å². The number of benzene rings is 2. The Kier molecular flexibility index (Phi) is 8.13. The molecule has 2 radical (unpaired) electrons. The summed E-state index contributed by atoms with van der Waals surface area (Å²) in [6.45, 7) is 8.70. The normalized spacial score (nSPS) is 10.4. The average Bonchev–Trinajstić information content (AvgIpc) is 3.19. The first-order valence-corrected chi connectivity index (χ1v) is 9.58. The Morgan fingerprint density at radius 3 is 1.78 bits per heavy atom. The van der Waals surface area contributed by atoms with E-state index in [9.17, 15) is 0 Å². The largest absolute Gasteiger partial charge is 0.348 e. The summed E-state index contributed by atoms with van der Waals surface area (Å²) < 4.78 is 0. The van der Waals surface area contributed by atoms with Gasteiger partial charge in [0.2, 0.25) is 0 Å². The molecular formula is C24H29BN2. The Balaban J connectivity index is 0.000000208. The van der Waals surface area contributed by atoms with Gasteiger partial charge in [0.05, 0.1) is 19.9 Å².